The number of benzene rings is 3. The Labute approximate surface area is 183 Å². The summed E-state index contributed by atoms with van der Waals surface area (Å²) in [5.41, 5.74) is 2.57. The summed E-state index contributed by atoms with van der Waals surface area (Å²) in [6.45, 7) is 2.49. The van der Waals surface area contributed by atoms with Crippen molar-refractivity contribution >= 4 is 21.4 Å². The van der Waals surface area contributed by atoms with Gasteiger partial charge in [-0.05, 0) is 66.9 Å². The van der Waals surface area contributed by atoms with Gasteiger partial charge < -0.3 is 10.2 Å². The summed E-state index contributed by atoms with van der Waals surface area (Å²) in [6.07, 6.45) is 2.00. The molecular formula is C24H26FN3O2S. The van der Waals surface area contributed by atoms with Crippen LogP contribution in [0.5, 0.6) is 0 Å². The maximum atomic E-state index is 13.3. The number of rotatable bonds is 7. The fourth-order valence-electron chi connectivity index (χ4n) is 3.80. The molecule has 0 bridgehead atoms. The normalized spacial score (nSPS) is 15.1. The standard InChI is InChI=1S/C24H26FN3O2S/c25-20-6-4-5-19(17-20)18-26-21-13-15-28(16-14-21)23-11-9-22(10-12-23)27-31(29,30)24-7-2-1-3-8-24/h1-12,17,21,26-27H,13-16,18H2. The van der Waals surface area contributed by atoms with Gasteiger partial charge in [-0.2, -0.15) is 0 Å². The van der Waals surface area contributed by atoms with Crippen LogP contribution in [0, 0.1) is 5.82 Å². The summed E-state index contributed by atoms with van der Waals surface area (Å²) in [4.78, 5) is 2.54. The lowest BCUT2D eigenvalue weighted by Gasteiger charge is -2.34. The van der Waals surface area contributed by atoms with Crippen LogP contribution in [0.1, 0.15) is 18.4 Å². The Kier molecular flexibility index (Phi) is 6.53. The Morgan fingerprint density at radius 3 is 2.29 bits per heavy atom. The van der Waals surface area contributed by atoms with E-state index in [-0.39, 0.29) is 10.7 Å². The molecule has 7 heteroatoms. The van der Waals surface area contributed by atoms with Crippen molar-refractivity contribution in [3.05, 3.63) is 90.2 Å². The number of piperidine rings is 1. The van der Waals surface area contributed by atoms with Gasteiger partial charge in [0.1, 0.15) is 5.82 Å². The quantitative estimate of drug-likeness (QED) is 0.573. The second-order valence-electron chi connectivity index (χ2n) is 7.74. The predicted octanol–water partition coefficient (Wildman–Crippen LogP) is 4.39. The Morgan fingerprint density at radius 2 is 1.61 bits per heavy atom. The smallest absolute Gasteiger partial charge is 0.261 e. The fourth-order valence-corrected chi connectivity index (χ4v) is 4.88. The van der Waals surface area contributed by atoms with Gasteiger partial charge >= 0.3 is 0 Å². The predicted molar refractivity (Wildman–Crippen MR) is 122 cm³/mol. The summed E-state index contributed by atoms with van der Waals surface area (Å²) < 4.78 is 40.8. The maximum Gasteiger partial charge on any atom is 0.261 e. The van der Waals surface area contributed by atoms with E-state index in [4.69, 9.17) is 0 Å². The monoisotopic (exact) mass is 439 g/mol. The van der Waals surface area contributed by atoms with Gasteiger partial charge in [-0.1, -0.05) is 30.3 Å². The Balaban J connectivity index is 1.29. The van der Waals surface area contributed by atoms with Crippen molar-refractivity contribution in [2.75, 3.05) is 22.7 Å². The van der Waals surface area contributed by atoms with Gasteiger partial charge in [-0.3, -0.25) is 4.72 Å². The van der Waals surface area contributed by atoms with Crippen molar-refractivity contribution in [2.45, 2.75) is 30.3 Å². The lowest BCUT2D eigenvalue weighted by molar-refractivity contribution is 0.413. The van der Waals surface area contributed by atoms with Crippen LogP contribution in [0.4, 0.5) is 15.8 Å². The summed E-state index contributed by atoms with van der Waals surface area (Å²) in [5, 5.41) is 3.52. The van der Waals surface area contributed by atoms with Crippen LogP contribution in [0.25, 0.3) is 0 Å². The van der Waals surface area contributed by atoms with Gasteiger partial charge in [0.05, 0.1) is 4.90 Å². The molecule has 162 valence electrons. The SMILES string of the molecule is O=S(=O)(Nc1ccc(N2CCC(NCc3cccc(F)c3)CC2)cc1)c1ccccc1. The Bertz CT molecular complexity index is 1100. The van der Waals surface area contributed by atoms with Crippen LogP contribution >= 0.6 is 0 Å². The van der Waals surface area contributed by atoms with Crippen molar-refractivity contribution < 1.29 is 12.8 Å². The van der Waals surface area contributed by atoms with Crippen molar-refractivity contribution in [1.29, 1.82) is 0 Å². The molecule has 3 aromatic carbocycles. The molecule has 0 unspecified atom stereocenters. The van der Waals surface area contributed by atoms with E-state index in [1.807, 2.05) is 18.2 Å². The van der Waals surface area contributed by atoms with Gasteiger partial charge in [0.2, 0.25) is 0 Å². The first-order valence-electron chi connectivity index (χ1n) is 10.4. The van der Waals surface area contributed by atoms with E-state index >= 15 is 0 Å². The minimum Gasteiger partial charge on any atom is -0.371 e. The minimum atomic E-state index is -3.59. The molecule has 0 aromatic heterocycles. The molecular weight excluding hydrogens is 413 g/mol. The second-order valence-corrected chi connectivity index (χ2v) is 9.42. The van der Waals surface area contributed by atoms with E-state index in [9.17, 15) is 12.8 Å². The van der Waals surface area contributed by atoms with E-state index < -0.39 is 10.0 Å². The third kappa shape index (κ3) is 5.62. The Morgan fingerprint density at radius 1 is 0.903 bits per heavy atom. The number of nitrogens with one attached hydrogen (secondary N) is 2. The lowest BCUT2D eigenvalue weighted by Crippen LogP contribution is -2.42. The van der Waals surface area contributed by atoms with Crippen LogP contribution in [-0.4, -0.2) is 27.5 Å². The van der Waals surface area contributed by atoms with Crippen LogP contribution in [0.2, 0.25) is 0 Å². The molecule has 0 atom stereocenters. The van der Waals surface area contributed by atoms with Crippen LogP contribution in [-0.2, 0) is 16.6 Å². The number of anilines is 2. The van der Waals surface area contributed by atoms with E-state index in [0.717, 1.165) is 37.2 Å². The molecule has 3 aromatic rings. The largest absolute Gasteiger partial charge is 0.371 e. The highest BCUT2D eigenvalue weighted by Crippen LogP contribution is 2.24. The molecule has 1 aliphatic heterocycles. The van der Waals surface area contributed by atoms with Gasteiger partial charge in [0.25, 0.3) is 10.0 Å². The zero-order valence-electron chi connectivity index (χ0n) is 17.2. The van der Waals surface area contributed by atoms with Gasteiger partial charge in [-0.25, -0.2) is 12.8 Å². The topological polar surface area (TPSA) is 61.4 Å². The molecule has 5 nitrogen and oxygen atoms in total. The number of hydrogen-bond acceptors (Lipinski definition) is 4. The summed E-state index contributed by atoms with van der Waals surface area (Å²) in [7, 11) is -3.59. The summed E-state index contributed by atoms with van der Waals surface area (Å²) >= 11 is 0. The minimum absolute atomic E-state index is 0.205. The van der Waals surface area contributed by atoms with Gasteiger partial charge in [0, 0.05) is 37.1 Å². The Hall–Kier alpha value is -2.90. The summed E-state index contributed by atoms with van der Waals surface area (Å²) in [6, 6.07) is 22.9. The number of hydrogen-bond donors (Lipinski definition) is 2. The average Bonchev–Trinajstić information content (AvgIpc) is 2.79. The first-order chi connectivity index (χ1) is 15.0. The molecule has 0 amide bonds. The van der Waals surface area contributed by atoms with Crippen molar-refractivity contribution in [1.82, 2.24) is 5.32 Å². The molecule has 0 spiro atoms. The molecule has 0 saturated carbocycles. The second kappa shape index (κ2) is 9.49. The molecule has 1 fully saturated rings. The zero-order chi connectivity index (χ0) is 21.7. The highest BCUT2D eigenvalue weighted by molar-refractivity contribution is 7.92. The number of nitrogens with zero attached hydrogens (tertiary/aromatic N) is 1. The van der Waals surface area contributed by atoms with E-state index in [2.05, 4.69) is 14.9 Å². The highest BCUT2D eigenvalue weighted by atomic mass is 32.2. The molecule has 1 saturated heterocycles. The molecule has 0 radical (unpaired) electrons. The number of halogens is 1. The van der Waals surface area contributed by atoms with Crippen LogP contribution in [0.3, 0.4) is 0 Å². The van der Waals surface area contributed by atoms with Crippen molar-refractivity contribution in [3.63, 3.8) is 0 Å². The van der Waals surface area contributed by atoms with Crippen molar-refractivity contribution in [3.8, 4) is 0 Å². The maximum absolute atomic E-state index is 13.3. The van der Waals surface area contributed by atoms with Crippen LogP contribution < -0.4 is 14.9 Å². The zero-order valence-corrected chi connectivity index (χ0v) is 18.0. The molecule has 4 rings (SSSR count). The van der Waals surface area contributed by atoms with E-state index in [0.29, 0.717) is 18.3 Å². The van der Waals surface area contributed by atoms with Gasteiger partial charge in [0.15, 0.2) is 0 Å². The molecule has 1 heterocycles. The molecule has 31 heavy (non-hydrogen) atoms. The molecule has 2 N–H and O–H groups in total. The van der Waals surface area contributed by atoms with Crippen LogP contribution in [0.15, 0.2) is 83.8 Å². The number of sulfonamides is 1. The third-order valence-corrected chi connectivity index (χ3v) is 6.91. The van der Waals surface area contributed by atoms with Gasteiger partial charge in [-0.15, -0.1) is 0 Å². The fraction of sp³-hybridized carbons (Fsp3) is 0.250. The third-order valence-electron chi connectivity index (χ3n) is 5.52. The lowest BCUT2D eigenvalue weighted by atomic mass is 10.0. The first-order valence-corrected chi connectivity index (χ1v) is 11.9. The van der Waals surface area contributed by atoms with Crippen molar-refractivity contribution in [2.24, 2.45) is 0 Å². The molecule has 0 aliphatic carbocycles. The van der Waals surface area contributed by atoms with E-state index in [1.165, 1.54) is 6.07 Å². The van der Waals surface area contributed by atoms with E-state index in [1.54, 1.807) is 54.6 Å². The average molecular weight is 440 g/mol. The molecule has 1 aliphatic rings. The highest BCUT2D eigenvalue weighted by Gasteiger charge is 2.19. The first kappa shape index (κ1) is 21.3. The summed E-state index contributed by atoms with van der Waals surface area (Å²) in [5.74, 6) is -0.205.